The molecule has 0 spiro atoms. The predicted molar refractivity (Wildman–Crippen MR) is 80.6 cm³/mol. The number of alkyl halides is 6. The van der Waals surface area contributed by atoms with E-state index in [2.05, 4.69) is 24.5 Å². The molecule has 12 heteroatoms. The molecular formula is C16H12F6NiO5. The fourth-order valence-electron chi connectivity index (χ4n) is 1.65. The fourth-order valence-corrected chi connectivity index (χ4v) is 1.89. The van der Waals surface area contributed by atoms with Crippen molar-refractivity contribution in [1.29, 1.82) is 0 Å². The van der Waals surface area contributed by atoms with E-state index in [1.807, 2.05) is 0 Å². The average molecular weight is 457 g/mol. The minimum atomic E-state index is -4.96. The van der Waals surface area contributed by atoms with Gasteiger partial charge in [0.2, 0.25) is 0 Å². The van der Waals surface area contributed by atoms with Crippen LogP contribution >= 0.6 is 0 Å². The monoisotopic (exact) mass is 456 g/mol. The van der Waals surface area contributed by atoms with E-state index < -0.39 is 35.6 Å². The Bertz CT molecular complexity index is 783. The Balaban J connectivity index is 3.32. The minimum absolute atomic E-state index is 0.294. The van der Waals surface area contributed by atoms with Gasteiger partial charge in [0.05, 0.1) is 0 Å². The van der Waals surface area contributed by atoms with Crippen LogP contribution in [-0.4, -0.2) is 37.7 Å². The second kappa shape index (κ2) is 9.63. The Hall–Kier alpha value is -2.49. The summed E-state index contributed by atoms with van der Waals surface area (Å²) in [6, 6.07) is 2.59. The standard InChI is InChI=1S/C16H12F6O5.Ni/c1-9(15(17,18)19)6-11(8-14(23)25-3)26-12-5-4-10(7-13(12)24-2)27-16(20,21)22;/h1,4-8H,2-3H3;/b9-6+,11-8?;. The normalized spacial score (nSPS) is 13.1. The first-order valence-electron chi connectivity index (χ1n) is 6.99. The summed E-state index contributed by atoms with van der Waals surface area (Å²) in [5, 5.41) is 0. The van der Waals surface area contributed by atoms with Crippen LogP contribution in [0, 0.1) is 0 Å². The van der Waals surface area contributed by atoms with Crippen LogP contribution in [0.15, 0.2) is 41.7 Å². The first-order chi connectivity index (χ1) is 12.9. The summed E-state index contributed by atoms with van der Waals surface area (Å²) < 4.78 is 93.6. The summed E-state index contributed by atoms with van der Waals surface area (Å²) >= 11 is 3.98. The SMILES string of the molecule is COC(=O)C=C(/C=C(\[CH]=[Ni])C(F)(F)F)Oc1ccc(OC(F)(F)F)cc1OC. The molecule has 1 rings (SSSR count). The summed E-state index contributed by atoms with van der Waals surface area (Å²) in [6.45, 7) is 0. The second-order valence-corrected chi connectivity index (χ2v) is 5.01. The summed E-state index contributed by atoms with van der Waals surface area (Å²) in [5.74, 6) is -2.93. The van der Waals surface area contributed by atoms with E-state index in [-0.39, 0.29) is 11.5 Å². The van der Waals surface area contributed by atoms with E-state index >= 15 is 0 Å². The van der Waals surface area contributed by atoms with Gasteiger partial charge in [0.1, 0.15) is 0 Å². The molecule has 0 amide bonds. The zero-order valence-electron chi connectivity index (χ0n) is 14.1. The van der Waals surface area contributed by atoms with Crippen molar-refractivity contribution in [1.82, 2.24) is 0 Å². The molecule has 0 heterocycles. The van der Waals surface area contributed by atoms with Gasteiger partial charge in [0, 0.05) is 0 Å². The molecule has 0 aliphatic carbocycles. The molecule has 0 aliphatic heterocycles. The number of halogens is 6. The van der Waals surface area contributed by atoms with Crippen molar-refractivity contribution in [3.8, 4) is 17.2 Å². The molecule has 0 fully saturated rings. The molecule has 0 aliphatic rings. The van der Waals surface area contributed by atoms with Crippen LogP contribution < -0.4 is 14.2 Å². The van der Waals surface area contributed by atoms with Crippen molar-refractivity contribution in [2.45, 2.75) is 12.5 Å². The van der Waals surface area contributed by atoms with Crippen LogP contribution in [0.25, 0.3) is 0 Å². The van der Waals surface area contributed by atoms with Gasteiger partial charge in [-0.15, -0.1) is 0 Å². The van der Waals surface area contributed by atoms with Crippen LogP contribution in [0.3, 0.4) is 0 Å². The van der Waals surface area contributed by atoms with Gasteiger partial charge in [0.25, 0.3) is 0 Å². The van der Waals surface area contributed by atoms with Gasteiger partial charge in [-0.2, -0.15) is 0 Å². The zero-order chi connectivity index (χ0) is 21.5. The maximum atomic E-state index is 12.9. The van der Waals surface area contributed by atoms with Gasteiger partial charge < -0.3 is 0 Å². The molecular weight excluding hydrogens is 445 g/mol. The van der Waals surface area contributed by atoms with Crippen molar-refractivity contribution in [2.75, 3.05) is 14.2 Å². The van der Waals surface area contributed by atoms with Crippen LogP contribution in [-0.2, 0) is 24.6 Å². The van der Waals surface area contributed by atoms with Gasteiger partial charge in [-0.05, 0) is 0 Å². The maximum absolute atomic E-state index is 12.9. The van der Waals surface area contributed by atoms with Gasteiger partial charge in [0.15, 0.2) is 0 Å². The van der Waals surface area contributed by atoms with Crippen LogP contribution in [0.2, 0.25) is 0 Å². The van der Waals surface area contributed by atoms with Crippen LogP contribution in [0.1, 0.15) is 0 Å². The molecule has 0 unspecified atom stereocenters. The molecule has 0 N–H and O–H groups in total. The summed E-state index contributed by atoms with van der Waals surface area (Å²) in [7, 11) is 2.06. The molecule has 28 heavy (non-hydrogen) atoms. The molecule has 0 saturated heterocycles. The van der Waals surface area contributed by atoms with E-state index in [9.17, 15) is 31.1 Å². The van der Waals surface area contributed by atoms with Crippen molar-refractivity contribution in [3.05, 3.63) is 41.7 Å². The summed E-state index contributed by atoms with van der Waals surface area (Å²) in [6.07, 6.45) is -8.77. The summed E-state index contributed by atoms with van der Waals surface area (Å²) in [5.41, 5.74) is -1.29. The predicted octanol–water partition coefficient (Wildman–Crippen LogP) is 3.87. The topological polar surface area (TPSA) is 54.0 Å². The quantitative estimate of drug-likeness (QED) is 0.156. The summed E-state index contributed by atoms with van der Waals surface area (Å²) in [4.78, 5) is 11.8. The third-order valence-corrected chi connectivity index (χ3v) is 3.09. The van der Waals surface area contributed by atoms with E-state index in [4.69, 9.17) is 9.47 Å². The van der Waals surface area contributed by atoms with Crippen molar-refractivity contribution < 1.29 is 65.1 Å². The molecule has 5 nitrogen and oxygen atoms in total. The number of hydrogen-bond donors (Lipinski definition) is 0. The Morgan fingerprint density at radius 2 is 1.68 bits per heavy atom. The van der Waals surface area contributed by atoms with E-state index in [1.54, 1.807) is 0 Å². The fraction of sp³-hybridized carbons (Fsp3) is 0.250. The van der Waals surface area contributed by atoms with E-state index in [0.29, 0.717) is 17.1 Å². The molecule has 0 bridgehead atoms. The van der Waals surface area contributed by atoms with Crippen molar-refractivity contribution in [2.24, 2.45) is 0 Å². The molecule has 0 aromatic heterocycles. The molecule has 0 atom stereocenters. The third-order valence-electron chi connectivity index (χ3n) is 2.78. The number of rotatable bonds is 7. The number of ether oxygens (including phenoxy) is 4. The number of carbonyl (C=O) groups excluding carboxylic acids is 1. The molecule has 0 saturated carbocycles. The number of methoxy groups -OCH3 is 2. The molecule has 0 radical (unpaired) electrons. The Kier molecular flexibility index (Phi) is 8.10. The Labute approximate surface area is 162 Å². The van der Waals surface area contributed by atoms with E-state index in [1.165, 1.54) is 0 Å². The third kappa shape index (κ3) is 7.63. The number of benzene rings is 1. The second-order valence-electron chi connectivity index (χ2n) is 4.72. The number of hydrogen-bond acceptors (Lipinski definition) is 5. The van der Waals surface area contributed by atoms with E-state index in [0.717, 1.165) is 32.4 Å². The molecule has 1 aromatic rings. The number of esters is 1. The average Bonchev–Trinajstić information content (AvgIpc) is 2.58. The van der Waals surface area contributed by atoms with Crippen LogP contribution in [0.5, 0.6) is 17.2 Å². The van der Waals surface area contributed by atoms with Gasteiger partial charge in [-0.25, -0.2) is 0 Å². The Morgan fingerprint density at radius 3 is 2.14 bits per heavy atom. The van der Waals surface area contributed by atoms with Crippen LogP contribution in [0.4, 0.5) is 26.3 Å². The zero-order valence-corrected chi connectivity index (χ0v) is 15.1. The van der Waals surface area contributed by atoms with Crippen molar-refractivity contribution in [3.63, 3.8) is 0 Å². The Morgan fingerprint density at radius 1 is 1.04 bits per heavy atom. The molecule has 158 valence electrons. The first kappa shape index (κ1) is 23.6. The van der Waals surface area contributed by atoms with Gasteiger partial charge in [-0.1, -0.05) is 0 Å². The number of allylic oxidation sites excluding steroid dienone is 2. The van der Waals surface area contributed by atoms with Crippen molar-refractivity contribution >= 4 is 11.0 Å². The van der Waals surface area contributed by atoms with Gasteiger partial charge in [-0.3, -0.25) is 0 Å². The molecule has 1 aromatic carbocycles. The van der Waals surface area contributed by atoms with Gasteiger partial charge >= 0.3 is 162 Å². The first-order valence-corrected chi connectivity index (χ1v) is 7.56. The number of carbonyl (C=O) groups is 1.